The number of carbonyl (C=O) groups excluding carboxylic acids is 1. The van der Waals surface area contributed by atoms with Gasteiger partial charge in [0.25, 0.3) is 0 Å². The van der Waals surface area contributed by atoms with E-state index in [1.54, 1.807) is 30.1 Å². The number of rotatable bonds is 7. The molecule has 0 fully saturated rings. The van der Waals surface area contributed by atoms with Crippen LogP contribution in [0.25, 0.3) is 11.3 Å². The Balaban J connectivity index is 0.00000264. The summed E-state index contributed by atoms with van der Waals surface area (Å²) in [7, 11) is 3.61. The summed E-state index contributed by atoms with van der Waals surface area (Å²) in [5.74, 6) is 0.492. The van der Waals surface area contributed by atoms with Crippen molar-refractivity contribution in [3.05, 3.63) is 42.2 Å². The lowest BCUT2D eigenvalue weighted by Gasteiger charge is -2.16. The highest BCUT2D eigenvalue weighted by Gasteiger charge is 2.13. The zero-order chi connectivity index (χ0) is 15.9. The molecule has 0 bridgehead atoms. The molecule has 1 heterocycles. The molecule has 5 nitrogen and oxygen atoms in total. The third kappa shape index (κ3) is 6.11. The van der Waals surface area contributed by atoms with Crippen LogP contribution in [-0.4, -0.2) is 43.0 Å². The number of halogens is 3. The van der Waals surface area contributed by atoms with Crippen molar-refractivity contribution in [3.8, 4) is 11.3 Å². The smallest absolute Gasteiger partial charge is 0.222 e. The van der Waals surface area contributed by atoms with E-state index in [4.69, 9.17) is 4.42 Å². The van der Waals surface area contributed by atoms with Crippen LogP contribution in [0.5, 0.6) is 0 Å². The van der Waals surface area contributed by atoms with Gasteiger partial charge in [0.05, 0.1) is 11.8 Å². The molecular weight excluding hydrogens is 356 g/mol. The van der Waals surface area contributed by atoms with Gasteiger partial charge in [-0.05, 0) is 19.2 Å². The summed E-state index contributed by atoms with van der Waals surface area (Å²) in [6.07, 6.45) is 2.21. The lowest BCUT2D eigenvalue weighted by molar-refractivity contribution is -0.129. The van der Waals surface area contributed by atoms with E-state index in [-0.39, 0.29) is 36.5 Å². The number of nitrogens with zero attached hydrogens (tertiary/aromatic N) is 2. The van der Waals surface area contributed by atoms with Crippen LogP contribution in [0.3, 0.4) is 0 Å². The van der Waals surface area contributed by atoms with Crippen molar-refractivity contribution in [2.45, 2.75) is 12.8 Å². The third-order valence-corrected chi connectivity index (χ3v) is 3.37. The molecule has 8 heteroatoms. The van der Waals surface area contributed by atoms with E-state index in [2.05, 4.69) is 10.3 Å². The molecule has 0 atom stereocenters. The molecule has 0 aliphatic heterocycles. The van der Waals surface area contributed by atoms with Gasteiger partial charge in [-0.3, -0.25) is 4.79 Å². The number of likely N-dealkylation sites (N-methyl/N-ethyl adjacent to an activating group) is 2. The minimum Gasteiger partial charge on any atom is -0.441 e. The van der Waals surface area contributed by atoms with Crippen LogP contribution in [0.2, 0.25) is 0 Å². The summed E-state index contributed by atoms with van der Waals surface area (Å²) in [6.45, 7) is 1.40. The number of amides is 1. The standard InChI is InChI=1S/C16H20FN3O2.2ClH/c1-18-9-10-20(2)16(21)8-7-15-19-11-14(22-15)12-5-3-4-6-13(12)17;;/h3-6,11,18H,7-10H2,1-2H3;2*1H. The van der Waals surface area contributed by atoms with Crippen LogP contribution in [0.1, 0.15) is 12.3 Å². The zero-order valence-electron chi connectivity index (χ0n) is 13.6. The Morgan fingerprint density at radius 1 is 1.33 bits per heavy atom. The topological polar surface area (TPSA) is 58.4 Å². The van der Waals surface area contributed by atoms with Gasteiger partial charge in [-0.25, -0.2) is 9.37 Å². The first-order valence-electron chi connectivity index (χ1n) is 7.20. The zero-order valence-corrected chi connectivity index (χ0v) is 15.3. The average Bonchev–Trinajstić information content (AvgIpc) is 2.99. The number of benzene rings is 1. The molecule has 1 amide bonds. The van der Waals surface area contributed by atoms with Crippen molar-refractivity contribution in [2.75, 3.05) is 27.2 Å². The maximum Gasteiger partial charge on any atom is 0.222 e. The van der Waals surface area contributed by atoms with Crippen LogP contribution in [0.15, 0.2) is 34.9 Å². The number of aryl methyl sites for hydroxylation is 1. The molecule has 2 aromatic rings. The number of oxazole rings is 1. The van der Waals surface area contributed by atoms with Crippen LogP contribution in [0.4, 0.5) is 4.39 Å². The van der Waals surface area contributed by atoms with Gasteiger partial charge in [0.15, 0.2) is 11.7 Å². The lowest BCUT2D eigenvalue weighted by atomic mass is 10.2. The van der Waals surface area contributed by atoms with Crippen molar-refractivity contribution in [1.29, 1.82) is 0 Å². The highest BCUT2D eigenvalue weighted by Crippen LogP contribution is 2.23. The maximum atomic E-state index is 13.7. The van der Waals surface area contributed by atoms with Gasteiger partial charge in [-0.1, -0.05) is 12.1 Å². The number of hydrogen-bond donors (Lipinski definition) is 1. The van der Waals surface area contributed by atoms with Gasteiger partial charge in [-0.2, -0.15) is 0 Å². The Bertz CT molecular complexity index is 637. The largest absolute Gasteiger partial charge is 0.441 e. The SMILES string of the molecule is CNCCN(C)C(=O)CCc1ncc(-c2ccccc2F)o1.Cl.Cl. The molecular formula is C16H22Cl2FN3O2. The van der Waals surface area contributed by atoms with Crippen molar-refractivity contribution in [1.82, 2.24) is 15.2 Å². The Hall–Kier alpha value is -1.63. The van der Waals surface area contributed by atoms with E-state index in [1.165, 1.54) is 12.3 Å². The predicted octanol–water partition coefficient (Wildman–Crippen LogP) is 2.93. The predicted molar refractivity (Wildman–Crippen MR) is 96.3 cm³/mol. The van der Waals surface area contributed by atoms with Crippen LogP contribution in [-0.2, 0) is 11.2 Å². The summed E-state index contributed by atoms with van der Waals surface area (Å²) in [6, 6.07) is 6.37. The minimum absolute atomic E-state index is 0. The van der Waals surface area contributed by atoms with Gasteiger partial charge < -0.3 is 14.6 Å². The van der Waals surface area contributed by atoms with Gasteiger partial charge in [0.1, 0.15) is 5.82 Å². The average molecular weight is 378 g/mol. The molecule has 1 aromatic heterocycles. The third-order valence-electron chi connectivity index (χ3n) is 3.37. The van der Waals surface area contributed by atoms with Gasteiger partial charge in [0.2, 0.25) is 5.91 Å². The van der Waals surface area contributed by atoms with E-state index in [0.29, 0.717) is 36.6 Å². The second kappa shape index (κ2) is 11.0. The molecule has 2 rings (SSSR count). The van der Waals surface area contributed by atoms with E-state index < -0.39 is 0 Å². The molecule has 0 saturated heterocycles. The van der Waals surface area contributed by atoms with Gasteiger partial charge >= 0.3 is 0 Å². The molecule has 0 aliphatic carbocycles. The second-order valence-electron chi connectivity index (χ2n) is 5.02. The summed E-state index contributed by atoms with van der Waals surface area (Å²) in [4.78, 5) is 17.7. The summed E-state index contributed by atoms with van der Waals surface area (Å²) >= 11 is 0. The first-order chi connectivity index (χ1) is 10.6. The van der Waals surface area contributed by atoms with Crippen LogP contribution in [0, 0.1) is 5.82 Å². The fourth-order valence-electron chi connectivity index (χ4n) is 2.02. The van der Waals surface area contributed by atoms with E-state index >= 15 is 0 Å². The monoisotopic (exact) mass is 377 g/mol. The summed E-state index contributed by atoms with van der Waals surface area (Å²) in [5.41, 5.74) is 0.374. The molecule has 134 valence electrons. The highest BCUT2D eigenvalue weighted by molar-refractivity contribution is 5.85. The van der Waals surface area contributed by atoms with Gasteiger partial charge in [0, 0.05) is 33.0 Å². The van der Waals surface area contributed by atoms with E-state index in [1.807, 2.05) is 7.05 Å². The number of hydrogen-bond acceptors (Lipinski definition) is 4. The maximum absolute atomic E-state index is 13.7. The second-order valence-corrected chi connectivity index (χ2v) is 5.02. The number of aromatic nitrogens is 1. The quantitative estimate of drug-likeness (QED) is 0.805. The summed E-state index contributed by atoms with van der Waals surface area (Å²) < 4.78 is 19.2. The van der Waals surface area contributed by atoms with Crippen molar-refractivity contribution in [2.24, 2.45) is 0 Å². The molecule has 0 aliphatic rings. The molecule has 0 saturated carbocycles. The molecule has 0 unspecified atom stereocenters. The Labute approximate surface area is 153 Å². The molecule has 0 radical (unpaired) electrons. The summed E-state index contributed by atoms with van der Waals surface area (Å²) in [5, 5.41) is 2.99. The van der Waals surface area contributed by atoms with Gasteiger partial charge in [-0.15, -0.1) is 24.8 Å². The lowest BCUT2D eigenvalue weighted by Crippen LogP contribution is -2.32. The van der Waals surface area contributed by atoms with E-state index in [9.17, 15) is 9.18 Å². The Morgan fingerprint density at radius 3 is 2.71 bits per heavy atom. The Morgan fingerprint density at radius 2 is 2.04 bits per heavy atom. The van der Waals surface area contributed by atoms with Crippen LogP contribution >= 0.6 is 24.8 Å². The minimum atomic E-state index is -0.354. The van der Waals surface area contributed by atoms with E-state index in [0.717, 1.165) is 6.54 Å². The fraction of sp³-hybridized carbons (Fsp3) is 0.375. The molecule has 1 aromatic carbocycles. The van der Waals surface area contributed by atoms with Crippen molar-refractivity contribution in [3.63, 3.8) is 0 Å². The number of nitrogens with one attached hydrogen (secondary N) is 1. The Kier molecular flexibility index (Phi) is 10.3. The molecule has 24 heavy (non-hydrogen) atoms. The first kappa shape index (κ1) is 22.4. The number of carbonyl (C=O) groups is 1. The molecule has 0 spiro atoms. The van der Waals surface area contributed by atoms with Crippen LogP contribution < -0.4 is 5.32 Å². The van der Waals surface area contributed by atoms with Crippen molar-refractivity contribution < 1.29 is 13.6 Å². The fourth-order valence-corrected chi connectivity index (χ4v) is 2.02. The first-order valence-corrected chi connectivity index (χ1v) is 7.20. The highest BCUT2D eigenvalue weighted by atomic mass is 35.5. The normalized spacial score (nSPS) is 9.79. The molecule has 1 N–H and O–H groups in total. The van der Waals surface area contributed by atoms with Crippen molar-refractivity contribution >= 4 is 30.7 Å².